The van der Waals surface area contributed by atoms with Crippen LogP contribution in [0.2, 0.25) is 0 Å². The summed E-state index contributed by atoms with van der Waals surface area (Å²) in [5, 5.41) is 12.2. The van der Waals surface area contributed by atoms with Crippen LogP contribution in [0.25, 0.3) is 5.52 Å². The maximum atomic E-state index is 12.5. The number of ether oxygens (including phenoxy) is 1. The molecule has 10 nitrogen and oxygen atoms in total. The van der Waals surface area contributed by atoms with Crippen LogP contribution >= 0.6 is 0 Å². The molecule has 0 fully saturated rings. The monoisotopic (exact) mass is 404 g/mol. The number of nitrogens with zero attached hydrogens (tertiary/aromatic N) is 2. The first kappa shape index (κ1) is 22.0. The lowest BCUT2D eigenvalue weighted by Crippen LogP contribution is -2.52. The average Bonchev–Trinajstić information content (AvgIpc) is 3.11. The van der Waals surface area contributed by atoms with Crippen molar-refractivity contribution < 1.29 is 19.1 Å². The highest BCUT2D eigenvalue weighted by Crippen LogP contribution is 2.17. The maximum absolute atomic E-state index is 12.5. The number of pyridine rings is 1. The number of amides is 4. The van der Waals surface area contributed by atoms with Gasteiger partial charge in [0.2, 0.25) is 5.91 Å². The van der Waals surface area contributed by atoms with Gasteiger partial charge in [0.25, 0.3) is 5.91 Å². The molecule has 29 heavy (non-hydrogen) atoms. The third-order valence-electron chi connectivity index (χ3n) is 4.46. The number of methoxy groups -OCH3 is 1. The van der Waals surface area contributed by atoms with Crippen molar-refractivity contribution in [3.63, 3.8) is 0 Å². The fraction of sp³-hybridized carbons (Fsp3) is 0.474. The Kier molecular flexibility index (Phi) is 7.40. The Labute approximate surface area is 169 Å². The molecule has 4 amide bonds. The molecule has 10 heteroatoms. The van der Waals surface area contributed by atoms with Crippen molar-refractivity contribution in [3.05, 3.63) is 30.1 Å². The summed E-state index contributed by atoms with van der Waals surface area (Å²) >= 11 is 0. The minimum atomic E-state index is -0.746. The van der Waals surface area contributed by atoms with Gasteiger partial charge in [0.15, 0.2) is 0 Å². The number of aromatic nitrogens is 2. The Hall–Kier alpha value is -3.30. The molecule has 0 aliphatic carbocycles. The Bertz CT molecular complexity index is 879. The number of primary amides is 1. The summed E-state index contributed by atoms with van der Waals surface area (Å²) < 4.78 is 6.79. The highest BCUT2D eigenvalue weighted by Gasteiger charge is 2.23. The fourth-order valence-electron chi connectivity index (χ4n) is 2.77. The van der Waals surface area contributed by atoms with Crippen molar-refractivity contribution in [1.29, 1.82) is 0 Å². The Morgan fingerprint density at radius 1 is 1.21 bits per heavy atom. The first-order chi connectivity index (χ1) is 13.7. The molecule has 2 aromatic rings. The molecular formula is C19H28N6O4. The van der Waals surface area contributed by atoms with Gasteiger partial charge < -0.3 is 26.4 Å². The highest BCUT2D eigenvalue weighted by molar-refractivity contribution is 6.00. The number of carbonyl (C=O) groups excluding carboxylic acids is 3. The first-order valence-corrected chi connectivity index (χ1v) is 9.36. The van der Waals surface area contributed by atoms with Gasteiger partial charge in [-0.15, -0.1) is 0 Å². The van der Waals surface area contributed by atoms with Gasteiger partial charge in [-0.25, -0.2) is 9.31 Å². The number of rotatable bonds is 9. The average molecular weight is 404 g/mol. The van der Waals surface area contributed by atoms with Gasteiger partial charge in [-0.1, -0.05) is 20.8 Å². The van der Waals surface area contributed by atoms with Gasteiger partial charge in [0, 0.05) is 25.4 Å². The Morgan fingerprint density at radius 2 is 1.90 bits per heavy atom. The normalized spacial score (nSPS) is 13.0. The van der Waals surface area contributed by atoms with Crippen LogP contribution in [0.4, 0.5) is 4.79 Å². The number of nitrogens with one attached hydrogen (secondary N) is 3. The smallest absolute Gasteiger partial charge is 0.312 e. The van der Waals surface area contributed by atoms with E-state index in [-0.39, 0.29) is 23.7 Å². The topological polar surface area (TPSA) is 140 Å². The van der Waals surface area contributed by atoms with Gasteiger partial charge in [0.05, 0.1) is 24.4 Å². The molecule has 2 rings (SSSR count). The third-order valence-corrected chi connectivity index (χ3v) is 4.46. The molecule has 158 valence electrons. The number of carbonyl (C=O) groups is 3. The summed E-state index contributed by atoms with van der Waals surface area (Å²) in [6.07, 6.45) is 3.22. The first-order valence-electron chi connectivity index (χ1n) is 9.36. The Balaban J connectivity index is 1.89. The molecule has 0 bridgehead atoms. The van der Waals surface area contributed by atoms with E-state index in [1.54, 1.807) is 30.0 Å². The van der Waals surface area contributed by atoms with Crippen LogP contribution in [0.3, 0.4) is 0 Å². The van der Waals surface area contributed by atoms with Gasteiger partial charge >= 0.3 is 6.03 Å². The molecule has 0 radical (unpaired) electrons. The second kappa shape index (κ2) is 9.76. The molecule has 0 aliphatic heterocycles. The minimum Gasteiger partial charge on any atom is -0.497 e. The zero-order chi connectivity index (χ0) is 21.6. The standard InChI is InChI=1S/C19H28N6O4/c1-11(2)16(24-19(20)28)18(27)22-9-12(3)8-21-17(26)14-10-23-25-6-5-13(29-4)7-15(14)25/h5-7,10-12,16H,8-9H2,1-4H3,(H,21,26)(H,22,27)(H3,20,24,28)/t12?,16-/m0/s1. The number of hydrogen-bond acceptors (Lipinski definition) is 5. The van der Waals surface area contributed by atoms with Crippen molar-refractivity contribution in [2.45, 2.75) is 26.8 Å². The lowest BCUT2D eigenvalue weighted by Gasteiger charge is -2.22. The number of nitrogens with two attached hydrogens (primary N) is 1. The molecule has 2 aromatic heterocycles. The van der Waals surface area contributed by atoms with E-state index >= 15 is 0 Å². The van der Waals surface area contributed by atoms with E-state index in [0.717, 1.165) is 0 Å². The van der Waals surface area contributed by atoms with E-state index in [4.69, 9.17) is 10.5 Å². The molecule has 1 unspecified atom stereocenters. The van der Waals surface area contributed by atoms with E-state index in [1.807, 2.05) is 20.8 Å². The number of hydrogen-bond donors (Lipinski definition) is 4. The number of urea groups is 1. The van der Waals surface area contributed by atoms with E-state index in [9.17, 15) is 14.4 Å². The van der Waals surface area contributed by atoms with Crippen molar-refractivity contribution in [2.75, 3.05) is 20.2 Å². The molecule has 2 atom stereocenters. The SMILES string of the molecule is COc1ccn2ncc(C(=O)NCC(C)CNC(=O)[C@@H](NC(N)=O)C(C)C)c2c1. The highest BCUT2D eigenvalue weighted by atomic mass is 16.5. The predicted molar refractivity (Wildman–Crippen MR) is 108 cm³/mol. The van der Waals surface area contributed by atoms with Crippen molar-refractivity contribution >= 4 is 23.4 Å². The van der Waals surface area contributed by atoms with Crippen LogP contribution in [-0.2, 0) is 4.79 Å². The minimum absolute atomic E-state index is 0.0272. The van der Waals surface area contributed by atoms with Crippen LogP contribution in [0.1, 0.15) is 31.1 Å². The third kappa shape index (κ3) is 5.84. The summed E-state index contributed by atoms with van der Waals surface area (Å²) in [4.78, 5) is 35.8. The number of fused-ring (bicyclic) bond motifs is 1. The van der Waals surface area contributed by atoms with Crippen LogP contribution in [0, 0.1) is 11.8 Å². The van der Waals surface area contributed by atoms with Crippen LogP contribution in [0.5, 0.6) is 5.75 Å². The molecule has 2 heterocycles. The summed E-state index contributed by atoms with van der Waals surface area (Å²) in [5.74, 6) is -0.0771. The molecule has 0 saturated heterocycles. The molecule has 0 saturated carbocycles. The van der Waals surface area contributed by atoms with Crippen LogP contribution in [0.15, 0.2) is 24.5 Å². The van der Waals surface area contributed by atoms with Gasteiger partial charge in [-0.2, -0.15) is 5.10 Å². The summed E-state index contributed by atoms with van der Waals surface area (Å²) in [6, 6.07) is 2.04. The quantitative estimate of drug-likeness (QED) is 0.482. The largest absolute Gasteiger partial charge is 0.497 e. The molecule has 0 aliphatic rings. The van der Waals surface area contributed by atoms with Crippen molar-refractivity contribution in [2.24, 2.45) is 17.6 Å². The molecule has 5 N–H and O–H groups in total. The van der Waals surface area contributed by atoms with Crippen LogP contribution < -0.4 is 26.4 Å². The second-order valence-corrected chi connectivity index (χ2v) is 7.25. The van der Waals surface area contributed by atoms with Gasteiger partial charge in [-0.3, -0.25) is 9.59 Å². The molecular weight excluding hydrogens is 376 g/mol. The zero-order valence-corrected chi connectivity index (χ0v) is 17.1. The lowest BCUT2D eigenvalue weighted by atomic mass is 10.0. The zero-order valence-electron chi connectivity index (χ0n) is 17.1. The van der Waals surface area contributed by atoms with Crippen molar-refractivity contribution in [3.8, 4) is 5.75 Å². The van der Waals surface area contributed by atoms with E-state index in [1.165, 1.54) is 6.20 Å². The summed E-state index contributed by atoms with van der Waals surface area (Å²) in [7, 11) is 1.56. The van der Waals surface area contributed by atoms with E-state index < -0.39 is 12.1 Å². The lowest BCUT2D eigenvalue weighted by molar-refractivity contribution is -0.124. The Morgan fingerprint density at radius 3 is 2.52 bits per heavy atom. The molecule has 0 spiro atoms. The second-order valence-electron chi connectivity index (χ2n) is 7.25. The predicted octanol–water partition coefficient (Wildman–Crippen LogP) is 0.518. The van der Waals surface area contributed by atoms with Crippen molar-refractivity contribution in [1.82, 2.24) is 25.6 Å². The maximum Gasteiger partial charge on any atom is 0.312 e. The summed E-state index contributed by atoms with van der Waals surface area (Å²) in [5.41, 5.74) is 6.19. The van der Waals surface area contributed by atoms with E-state index in [2.05, 4.69) is 21.0 Å². The molecule has 0 aromatic carbocycles. The van der Waals surface area contributed by atoms with Gasteiger partial charge in [-0.05, 0) is 17.9 Å². The summed E-state index contributed by atoms with van der Waals surface area (Å²) in [6.45, 7) is 6.22. The fourth-order valence-corrected chi connectivity index (χ4v) is 2.77. The van der Waals surface area contributed by atoms with Gasteiger partial charge in [0.1, 0.15) is 11.8 Å². The van der Waals surface area contributed by atoms with E-state index in [0.29, 0.717) is 29.9 Å². The van der Waals surface area contributed by atoms with Crippen LogP contribution in [-0.4, -0.2) is 53.7 Å².